The second kappa shape index (κ2) is 5.92. The standard InChI is InChI=1S/C6H10N2O5/c1-13-6(9)4-5(8(11)12)2-3-7-10/h3,5,10H,2,4H2,1H3/b7-3+. The second-order valence-electron chi connectivity index (χ2n) is 2.25. The second-order valence-corrected chi connectivity index (χ2v) is 2.25. The Morgan fingerprint density at radius 2 is 2.46 bits per heavy atom. The lowest BCUT2D eigenvalue weighted by atomic mass is 10.1. The first-order chi connectivity index (χ1) is 6.11. The molecule has 0 saturated heterocycles. The summed E-state index contributed by atoms with van der Waals surface area (Å²) in [5, 5.41) is 20.9. The van der Waals surface area contributed by atoms with Gasteiger partial charge in [-0.3, -0.25) is 14.9 Å². The summed E-state index contributed by atoms with van der Waals surface area (Å²) in [5.41, 5.74) is 0. The molecule has 0 amide bonds. The van der Waals surface area contributed by atoms with E-state index in [-0.39, 0.29) is 12.8 Å². The monoisotopic (exact) mass is 190 g/mol. The molecule has 0 bridgehead atoms. The van der Waals surface area contributed by atoms with Gasteiger partial charge in [-0.15, -0.1) is 5.16 Å². The smallest absolute Gasteiger partial charge is 0.312 e. The van der Waals surface area contributed by atoms with Gasteiger partial charge in [0.25, 0.3) is 0 Å². The van der Waals surface area contributed by atoms with Crippen molar-refractivity contribution in [2.45, 2.75) is 18.9 Å². The van der Waals surface area contributed by atoms with Crippen molar-refractivity contribution >= 4 is 12.2 Å². The lowest BCUT2D eigenvalue weighted by Gasteiger charge is -2.04. The molecule has 74 valence electrons. The fraction of sp³-hybridized carbons (Fsp3) is 0.667. The Bertz CT molecular complexity index is 215. The van der Waals surface area contributed by atoms with Crippen molar-refractivity contribution in [2.75, 3.05) is 7.11 Å². The van der Waals surface area contributed by atoms with E-state index in [4.69, 9.17) is 5.21 Å². The number of esters is 1. The summed E-state index contributed by atoms with van der Waals surface area (Å²) in [4.78, 5) is 20.4. The molecule has 0 heterocycles. The van der Waals surface area contributed by atoms with Crippen molar-refractivity contribution in [2.24, 2.45) is 5.16 Å². The van der Waals surface area contributed by atoms with Crippen LogP contribution < -0.4 is 0 Å². The van der Waals surface area contributed by atoms with Crippen molar-refractivity contribution in [1.82, 2.24) is 0 Å². The van der Waals surface area contributed by atoms with Crippen molar-refractivity contribution in [3.63, 3.8) is 0 Å². The van der Waals surface area contributed by atoms with E-state index >= 15 is 0 Å². The van der Waals surface area contributed by atoms with Crippen LogP contribution >= 0.6 is 0 Å². The van der Waals surface area contributed by atoms with Crippen LogP contribution in [-0.4, -0.2) is 35.5 Å². The minimum Gasteiger partial charge on any atom is -0.469 e. The van der Waals surface area contributed by atoms with Crippen LogP contribution in [0.3, 0.4) is 0 Å². The molecule has 0 saturated carbocycles. The van der Waals surface area contributed by atoms with E-state index in [0.29, 0.717) is 0 Å². The third-order valence-electron chi connectivity index (χ3n) is 1.39. The molecule has 0 spiro atoms. The lowest BCUT2D eigenvalue weighted by molar-refractivity contribution is -0.519. The summed E-state index contributed by atoms with van der Waals surface area (Å²) in [6, 6.07) is -1.09. The zero-order valence-electron chi connectivity index (χ0n) is 7.04. The highest BCUT2D eigenvalue weighted by atomic mass is 16.6. The van der Waals surface area contributed by atoms with Gasteiger partial charge in [-0.1, -0.05) is 0 Å². The van der Waals surface area contributed by atoms with Gasteiger partial charge in [0.15, 0.2) is 0 Å². The molecule has 0 aromatic rings. The number of carbonyl (C=O) groups excluding carboxylic acids is 1. The molecule has 0 aromatic carbocycles. The van der Waals surface area contributed by atoms with Crippen molar-refractivity contribution in [1.29, 1.82) is 0 Å². The van der Waals surface area contributed by atoms with E-state index in [1.54, 1.807) is 0 Å². The van der Waals surface area contributed by atoms with Crippen LogP contribution in [0.25, 0.3) is 0 Å². The molecular formula is C6H10N2O5. The van der Waals surface area contributed by atoms with Gasteiger partial charge in [-0.25, -0.2) is 0 Å². The quantitative estimate of drug-likeness (QED) is 0.217. The highest BCUT2D eigenvalue weighted by Gasteiger charge is 2.23. The van der Waals surface area contributed by atoms with Gasteiger partial charge >= 0.3 is 5.97 Å². The number of hydrogen-bond acceptors (Lipinski definition) is 6. The molecule has 0 aliphatic carbocycles. The summed E-state index contributed by atoms with van der Waals surface area (Å²) in [7, 11) is 1.15. The molecule has 1 N–H and O–H groups in total. The Hall–Kier alpha value is -1.66. The Morgan fingerprint density at radius 1 is 1.85 bits per heavy atom. The minimum absolute atomic E-state index is 0.0986. The van der Waals surface area contributed by atoms with Gasteiger partial charge in [0.2, 0.25) is 6.04 Å². The topological polar surface area (TPSA) is 102 Å². The SMILES string of the molecule is COC(=O)CC(C/C=N/O)[N+](=O)[O-]. The van der Waals surface area contributed by atoms with Crippen LogP contribution in [0.4, 0.5) is 0 Å². The summed E-state index contributed by atoms with van der Waals surface area (Å²) >= 11 is 0. The molecular weight excluding hydrogens is 180 g/mol. The first kappa shape index (κ1) is 11.3. The molecule has 0 aliphatic heterocycles. The molecule has 0 radical (unpaired) electrons. The van der Waals surface area contributed by atoms with E-state index < -0.39 is 16.9 Å². The largest absolute Gasteiger partial charge is 0.469 e. The first-order valence-electron chi connectivity index (χ1n) is 3.48. The number of nitro groups is 1. The molecule has 0 aromatic heterocycles. The fourth-order valence-electron chi connectivity index (χ4n) is 0.688. The Kier molecular flexibility index (Phi) is 5.17. The fourth-order valence-corrected chi connectivity index (χ4v) is 0.688. The third kappa shape index (κ3) is 4.72. The number of ether oxygens (including phenoxy) is 1. The molecule has 1 unspecified atom stereocenters. The predicted octanol–water partition coefficient (Wildman–Crippen LogP) is 0.0449. The van der Waals surface area contributed by atoms with Gasteiger partial charge in [-0.05, 0) is 0 Å². The molecule has 0 fully saturated rings. The number of rotatable bonds is 5. The number of methoxy groups -OCH3 is 1. The molecule has 13 heavy (non-hydrogen) atoms. The Morgan fingerprint density at radius 3 is 2.85 bits per heavy atom. The van der Waals surface area contributed by atoms with Crippen LogP contribution in [-0.2, 0) is 9.53 Å². The van der Waals surface area contributed by atoms with Gasteiger partial charge in [-0.2, -0.15) is 0 Å². The van der Waals surface area contributed by atoms with Gasteiger partial charge in [0.05, 0.1) is 19.7 Å². The average Bonchev–Trinajstić information content (AvgIpc) is 2.11. The summed E-state index contributed by atoms with van der Waals surface area (Å²) < 4.78 is 4.26. The summed E-state index contributed by atoms with van der Waals surface area (Å²) in [5.74, 6) is -0.659. The number of carbonyl (C=O) groups is 1. The van der Waals surface area contributed by atoms with Crippen LogP contribution in [0.1, 0.15) is 12.8 Å². The lowest BCUT2D eigenvalue weighted by Crippen LogP contribution is -2.24. The maximum atomic E-state index is 10.7. The van der Waals surface area contributed by atoms with Crippen molar-refractivity contribution in [3.05, 3.63) is 10.1 Å². The summed E-state index contributed by atoms with van der Waals surface area (Å²) in [6.07, 6.45) is 0.546. The number of nitrogens with zero attached hydrogens (tertiary/aromatic N) is 2. The van der Waals surface area contributed by atoms with Crippen molar-refractivity contribution in [3.8, 4) is 0 Å². The van der Waals surface area contributed by atoms with Crippen molar-refractivity contribution < 1.29 is 19.7 Å². The van der Waals surface area contributed by atoms with Crippen LogP contribution in [0.15, 0.2) is 5.16 Å². The highest BCUT2D eigenvalue weighted by Crippen LogP contribution is 2.02. The van der Waals surface area contributed by atoms with E-state index in [1.165, 1.54) is 0 Å². The van der Waals surface area contributed by atoms with Gasteiger partial charge in [0, 0.05) is 4.92 Å². The first-order valence-corrected chi connectivity index (χ1v) is 3.48. The zero-order valence-corrected chi connectivity index (χ0v) is 7.04. The summed E-state index contributed by atoms with van der Waals surface area (Å²) in [6.45, 7) is 0. The van der Waals surface area contributed by atoms with Gasteiger partial charge < -0.3 is 9.94 Å². The highest BCUT2D eigenvalue weighted by molar-refractivity contribution is 5.70. The molecule has 1 atom stereocenters. The van der Waals surface area contributed by atoms with E-state index in [1.807, 2.05) is 0 Å². The predicted molar refractivity (Wildman–Crippen MR) is 42.3 cm³/mol. The van der Waals surface area contributed by atoms with Crippen LogP contribution in [0, 0.1) is 10.1 Å². The van der Waals surface area contributed by atoms with Crippen LogP contribution in [0.2, 0.25) is 0 Å². The third-order valence-corrected chi connectivity index (χ3v) is 1.39. The van der Waals surface area contributed by atoms with E-state index in [9.17, 15) is 14.9 Å². The molecule has 0 aliphatic rings. The molecule has 7 nitrogen and oxygen atoms in total. The number of oxime groups is 1. The molecule has 0 rings (SSSR count). The minimum atomic E-state index is -1.09. The maximum absolute atomic E-state index is 10.7. The zero-order chi connectivity index (χ0) is 10.3. The normalized spacial score (nSPS) is 12.7. The van der Waals surface area contributed by atoms with Crippen LogP contribution in [0.5, 0.6) is 0 Å². The van der Waals surface area contributed by atoms with E-state index in [0.717, 1.165) is 13.3 Å². The maximum Gasteiger partial charge on any atom is 0.312 e. The Labute approximate surface area is 74.1 Å². The van der Waals surface area contributed by atoms with E-state index in [2.05, 4.69) is 9.89 Å². The molecule has 7 heteroatoms. The number of hydrogen-bond donors (Lipinski definition) is 1. The van der Waals surface area contributed by atoms with Gasteiger partial charge in [0.1, 0.15) is 6.42 Å². The average molecular weight is 190 g/mol. The Balaban J connectivity index is 4.09.